The highest BCUT2D eigenvalue weighted by Gasteiger charge is 2.68. The zero-order chi connectivity index (χ0) is 11.4. The Bertz CT molecular complexity index is 307. The SMILES string of the molecule is C[C@]12CC[C@](C)(O1)[C@H](C(=O)O)[C@@H]2C(=O)O. The van der Waals surface area contributed by atoms with Gasteiger partial charge in [-0.3, -0.25) is 9.59 Å². The second kappa shape index (κ2) is 2.72. The standard InChI is InChI=1S/C10H14O5/c1-9-3-4-10(2,15-9)6(8(13)14)5(9)7(11)12/h5-6H,3-4H2,1-2H3,(H,11,12)(H,13,14)/t5-,6+,9-,10+. The van der Waals surface area contributed by atoms with E-state index in [4.69, 9.17) is 14.9 Å². The Labute approximate surface area is 87.0 Å². The monoisotopic (exact) mass is 214 g/mol. The molecule has 2 aliphatic heterocycles. The first-order valence-corrected chi connectivity index (χ1v) is 4.96. The smallest absolute Gasteiger partial charge is 0.310 e. The van der Waals surface area contributed by atoms with Gasteiger partial charge in [-0.05, 0) is 26.7 Å². The van der Waals surface area contributed by atoms with Crippen molar-refractivity contribution in [3.8, 4) is 0 Å². The highest BCUT2D eigenvalue weighted by molar-refractivity contribution is 5.83. The van der Waals surface area contributed by atoms with Crippen LogP contribution in [0.4, 0.5) is 0 Å². The van der Waals surface area contributed by atoms with Gasteiger partial charge in [-0.25, -0.2) is 0 Å². The molecule has 0 unspecified atom stereocenters. The van der Waals surface area contributed by atoms with Gasteiger partial charge in [0.1, 0.15) is 11.8 Å². The molecule has 4 atom stereocenters. The van der Waals surface area contributed by atoms with Crippen molar-refractivity contribution >= 4 is 11.9 Å². The molecule has 2 aliphatic rings. The van der Waals surface area contributed by atoms with Crippen molar-refractivity contribution in [2.45, 2.75) is 37.9 Å². The van der Waals surface area contributed by atoms with Gasteiger partial charge in [-0.2, -0.15) is 0 Å². The van der Waals surface area contributed by atoms with Crippen molar-refractivity contribution in [1.82, 2.24) is 0 Å². The quantitative estimate of drug-likeness (QED) is 0.707. The van der Waals surface area contributed by atoms with Gasteiger partial charge in [0.05, 0.1) is 11.2 Å². The summed E-state index contributed by atoms with van der Waals surface area (Å²) >= 11 is 0. The summed E-state index contributed by atoms with van der Waals surface area (Å²) < 4.78 is 5.63. The van der Waals surface area contributed by atoms with E-state index in [0.717, 1.165) is 0 Å². The van der Waals surface area contributed by atoms with Gasteiger partial charge in [0.15, 0.2) is 0 Å². The minimum Gasteiger partial charge on any atom is -0.481 e. The van der Waals surface area contributed by atoms with Gasteiger partial charge in [0.2, 0.25) is 0 Å². The second-order valence-corrected chi connectivity index (χ2v) is 4.86. The lowest BCUT2D eigenvalue weighted by molar-refractivity contribution is -0.156. The lowest BCUT2D eigenvalue weighted by Crippen LogP contribution is -2.46. The fourth-order valence-electron chi connectivity index (χ4n) is 3.08. The van der Waals surface area contributed by atoms with Gasteiger partial charge in [0.25, 0.3) is 0 Å². The Kier molecular flexibility index (Phi) is 1.89. The summed E-state index contributed by atoms with van der Waals surface area (Å²) in [6.07, 6.45) is 1.23. The number of rotatable bonds is 2. The van der Waals surface area contributed by atoms with Gasteiger partial charge in [-0.1, -0.05) is 0 Å². The van der Waals surface area contributed by atoms with Gasteiger partial charge in [0, 0.05) is 0 Å². The van der Waals surface area contributed by atoms with Crippen molar-refractivity contribution in [2.75, 3.05) is 0 Å². The first-order valence-electron chi connectivity index (χ1n) is 4.96. The summed E-state index contributed by atoms with van der Waals surface area (Å²) in [6, 6.07) is 0. The molecule has 15 heavy (non-hydrogen) atoms. The maximum atomic E-state index is 11.1. The number of hydrogen-bond acceptors (Lipinski definition) is 3. The molecule has 2 N–H and O–H groups in total. The molecule has 0 aromatic heterocycles. The van der Waals surface area contributed by atoms with E-state index >= 15 is 0 Å². The van der Waals surface area contributed by atoms with Crippen molar-refractivity contribution < 1.29 is 24.5 Å². The molecular weight excluding hydrogens is 200 g/mol. The highest BCUT2D eigenvalue weighted by Crippen LogP contribution is 2.57. The fourth-order valence-corrected chi connectivity index (χ4v) is 3.08. The zero-order valence-electron chi connectivity index (χ0n) is 8.69. The van der Waals surface area contributed by atoms with Crippen LogP contribution < -0.4 is 0 Å². The van der Waals surface area contributed by atoms with E-state index in [1.54, 1.807) is 13.8 Å². The molecule has 0 amide bonds. The molecule has 2 heterocycles. The zero-order valence-corrected chi connectivity index (χ0v) is 8.69. The normalized spacial score (nSPS) is 48.1. The molecule has 2 fully saturated rings. The van der Waals surface area contributed by atoms with Crippen LogP contribution in [0.25, 0.3) is 0 Å². The summed E-state index contributed by atoms with van der Waals surface area (Å²) in [6.45, 7) is 3.39. The van der Waals surface area contributed by atoms with Crippen LogP contribution in [0.5, 0.6) is 0 Å². The van der Waals surface area contributed by atoms with Crippen LogP contribution in [-0.2, 0) is 14.3 Å². The second-order valence-electron chi connectivity index (χ2n) is 4.86. The third kappa shape index (κ3) is 1.19. The van der Waals surface area contributed by atoms with Gasteiger partial charge >= 0.3 is 11.9 Å². The number of fused-ring (bicyclic) bond motifs is 2. The Morgan fingerprint density at radius 3 is 1.67 bits per heavy atom. The molecule has 2 saturated heterocycles. The molecule has 0 aromatic rings. The van der Waals surface area contributed by atoms with E-state index in [1.165, 1.54) is 0 Å². The number of aliphatic carboxylic acids is 2. The molecule has 0 aliphatic carbocycles. The van der Waals surface area contributed by atoms with Gasteiger partial charge in [-0.15, -0.1) is 0 Å². The Balaban J connectivity index is 2.45. The van der Waals surface area contributed by atoms with Crippen molar-refractivity contribution in [1.29, 1.82) is 0 Å². The third-order valence-corrected chi connectivity index (χ3v) is 3.77. The van der Waals surface area contributed by atoms with Crippen LogP contribution in [0, 0.1) is 11.8 Å². The van der Waals surface area contributed by atoms with Crippen LogP contribution in [0.2, 0.25) is 0 Å². The van der Waals surface area contributed by atoms with E-state index < -0.39 is 35.0 Å². The topological polar surface area (TPSA) is 83.8 Å². The molecular formula is C10H14O5. The van der Waals surface area contributed by atoms with Crippen LogP contribution in [0.15, 0.2) is 0 Å². The van der Waals surface area contributed by atoms with E-state index in [1.807, 2.05) is 0 Å². The molecule has 5 heteroatoms. The Morgan fingerprint density at radius 2 is 1.40 bits per heavy atom. The fraction of sp³-hybridized carbons (Fsp3) is 0.800. The molecule has 5 nitrogen and oxygen atoms in total. The van der Waals surface area contributed by atoms with Crippen LogP contribution in [0.3, 0.4) is 0 Å². The van der Waals surface area contributed by atoms with E-state index in [0.29, 0.717) is 12.8 Å². The molecule has 2 bridgehead atoms. The van der Waals surface area contributed by atoms with E-state index in [2.05, 4.69) is 0 Å². The Morgan fingerprint density at radius 1 is 1.07 bits per heavy atom. The molecule has 0 spiro atoms. The average Bonchev–Trinajstić information content (AvgIpc) is 2.49. The van der Waals surface area contributed by atoms with Crippen molar-refractivity contribution in [2.24, 2.45) is 11.8 Å². The van der Waals surface area contributed by atoms with Crippen LogP contribution in [0.1, 0.15) is 26.7 Å². The van der Waals surface area contributed by atoms with Crippen LogP contribution >= 0.6 is 0 Å². The number of carbonyl (C=O) groups is 2. The summed E-state index contributed by atoms with van der Waals surface area (Å²) in [5.74, 6) is -4.02. The molecule has 84 valence electrons. The first kappa shape index (κ1) is 10.4. The summed E-state index contributed by atoms with van der Waals surface area (Å²) in [5, 5.41) is 18.2. The first-order chi connectivity index (χ1) is 6.80. The predicted molar refractivity (Wildman–Crippen MR) is 49.4 cm³/mol. The van der Waals surface area contributed by atoms with Crippen molar-refractivity contribution in [3.05, 3.63) is 0 Å². The van der Waals surface area contributed by atoms with Crippen molar-refractivity contribution in [3.63, 3.8) is 0 Å². The molecule has 0 aromatic carbocycles. The maximum Gasteiger partial charge on any atom is 0.310 e. The summed E-state index contributed by atoms with van der Waals surface area (Å²) in [7, 11) is 0. The number of carboxylic acid groups (broad SMARTS) is 2. The predicted octanol–water partition coefficient (Wildman–Crippen LogP) is 0.729. The molecule has 0 radical (unpaired) electrons. The van der Waals surface area contributed by atoms with Gasteiger partial charge < -0.3 is 14.9 Å². The summed E-state index contributed by atoms with van der Waals surface area (Å²) in [4.78, 5) is 22.2. The largest absolute Gasteiger partial charge is 0.481 e. The van der Waals surface area contributed by atoms with Crippen LogP contribution in [-0.4, -0.2) is 33.4 Å². The number of ether oxygens (including phenoxy) is 1. The lowest BCUT2D eigenvalue weighted by atomic mass is 9.68. The molecule has 2 rings (SSSR count). The number of hydrogen-bond donors (Lipinski definition) is 2. The Hall–Kier alpha value is -1.10. The number of carboxylic acids is 2. The lowest BCUT2D eigenvalue weighted by Gasteiger charge is -2.30. The average molecular weight is 214 g/mol. The highest BCUT2D eigenvalue weighted by atomic mass is 16.5. The van der Waals surface area contributed by atoms with E-state index in [-0.39, 0.29) is 0 Å². The molecule has 0 saturated carbocycles. The maximum absolute atomic E-state index is 11.1. The minimum absolute atomic E-state index is 0.615. The van der Waals surface area contributed by atoms with E-state index in [9.17, 15) is 9.59 Å². The summed E-state index contributed by atoms with van der Waals surface area (Å²) in [5.41, 5.74) is -1.63. The minimum atomic E-state index is -1.08. The third-order valence-electron chi connectivity index (χ3n) is 3.77.